The lowest BCUT2D eigenvalue weighted by Crippen LogP contribution is -2.19. The number of methoxy groups -OCH3 is 1. The molecule has 0 fully saturated rings. The highest BCUT2D eigenvalue weighted by Gasteiger charge is 2.13. The summed E-state index contributed by atoms with van der Waals surface area (Å²) < 4.78 is 16.2. The van der Waals surface area contributed by atoms with E-state index < -0.39 is 0 Å². The van der Waals surface area contributed by atoms with Crippen molar-refractivity contribution < 1.29 is 19.0 Å². The van der Waals surface area contributed by atoms with Crippen molar-refractivity contribution in [3.63, 3.8) is 0 Å². The quantitative estimate of drug-likeness (QED) is 0.271. The minimum absolute atomic E-state index is 0.158. The van der Waals surface area contributed by atoms with Crippen LogP contribution in [0.5, 0.6) is 0 Å². The van der Waals surface area contributed by atoms with Crippen LogP contribution in [0.25, 0.3) is 0 Å². The van der Waals surface area contributed by atoms with Crippen molar-refractivity contribution >= 4 is 5.97 Å². The zero-order valence-corrected chi connectivity index (χ0v) is 16.5. The van der Waals surface area contributed by atoms with Crippen LogP contribution < -0.4 is 0 Å². The van der Waals surface area contributed by atoms with Gasteiger partial charge in [-0.3, -0.25) is 4.79 Å². The molecule has 4 heteroatoms. The predicted octanol–water partition coefficient (Wildman–Crippen LogP) is 5.14. The summed E-state index contributed by atoms with van der Waals surface area (Å²) in [7, 11) is 1.60. The van der Waals surface area contributed by atoms with Crippen molar-refractivity contribution in [2.75, 3.05) is 26.9 Å². The first kappa shape index (κ1) is 23.4. The molecule has 4 nitrogen and oxygen atoms in total. The topological polar surface area (TPSA) is 44.8 Å². The fourth-order valence-corrected chi connectivity index (χ4v) is 2.62. The number of esters is 1. The molecule has 0 aliphatic rings. The summed E-state index contributed by atoms with van der Waals surface area (Å²) in [6.45, 7) is 8.11. The summed E-state index contributed by atoms with van der Waals surface area (Å²) in [6, 6.07) is 0. The largest absolute Gasteiger partial charge is 0.465 e. The minimum Gasteiger partial charge on any atom is -0.465 e. The first-order valence-corrected chi connectivity index (χ1v) is 9.92. The Hall–Kier alpha value is -0.610. The van der Waals surface area contributed by atoms with Crippen molar-refractivity contribution in [2.24, 2.45) is 5.92 Å². The molecule has 0 rings (SSSR count). The number of carbonyl (C=O) groups is 1. The Morgan fingerprint density at radius 2 is 1.46 bits per heavy atom. The van der Waals surface area contributed by atoms with Crippen LogP contribution >= 0.6 is 0 Å². The Bertz CT molecular complexity index is 273. The van der Waals surface area contributed by atoms with Gasteiger partial charge < -0.3 is 14.2 Å². The molecule has 0 aromatic carbocycles. The minimum atomic E-state index is -0.174. The number of rotatable bonds is 17. The van der Waals surface area contributed by atoms with Gasteiger partial charge in [-0.2, -0.15) is 0 Å². The third-order valence-corrected chi connectivity index (χ3v) is 4.21. The highest BCUT2D eigenvalue weighted by atomic mass is 16.5. The second-order valence-electron chi connectivity index (χ2n) is 6.72. The first-order valence-electron chi connectivity index (χ1n) is 9.92. The summed E-state index contributed by atoms with van der Waals surface area (Å²) in [5, 5.41) is 0. The van der Waals surface area contributed by atoms with E-state index in [1.54, 1.807) is 7.11 Å². The summed E-state index contributed by atoms with van der Waals surface area (Å²) in [6.07, 6.45) is 12.1. The standard InChI is InChI=1S/C20H40O4/c1-5-7-13-19(14-8-6-2)23-15-11-9-10-12-16-24-20(21)18(3)17-22-4/h18-19H,5-17H2,1-4H3. The van der Waals surface area contributed by atoms with E-state index in [1.165, 1.54) is 38.5 Å². The zero-order valence-electron chi connectivity index (χ0n) is 16.5. The lowest BCUT2D eigenvalue weighted by Gasteiger charge is -2.17. The van der Waals surface area contributed by atoms with Crippen LogP contribution in [0.1, 0.15) is 85.0 Å². The Morgan fingerprint density at radius 1 is 0.875 bits per heavy atom. The van der Waals surface area contributed by atoms with Crippen LogP contribution in [0.3, 0.4) is 0 Å². The molecule has 1 atom stereocenters. The third-order valence-electron chi connectivity index (χ3n) is 4.21. The van der Waals surface area contributed by atoms with Gasteiger partial charge in [-0.25, -0.2) is 0 Å². The van der Waals surface area contributed by atoms with Gasteiger partial charge in [0.15, 0.2) is 0 Å². The lowest BCUT2D eigenvalue weighted by molar-refractivity contribution is -0.149. The van der Waals surface area contributed by atoms with Crippen molar-refractivity contribution in [1.29, 1.82) is 0 Å². The average molecular weight is 345 g/mol. The van der Waals surface area contributed by atoms with E-state index in [4.69, 9.17) is 14.2 Å². The van der Waals surface area contributed by atoms with Crippen molar-refractivity contribution in [1.82, 2.24) is 0 Å². The molecule has 144 valence electrons. The van der Waals surface area contributed by atoms with E-state index in [9.17, 15) is 4.79 Å². The highest BCUT2D eigenvalue weighted by molar-refractivity contribution is 5.72. The van der Waals surface area contributed by atoms with E-state index in [0.717, 1.165) is 32.3 Å². The summed E-state index contributed by atoms with van der Waals surface area (Å²) in [5.74, 6) is -0.332. The second kappa shape index (κ2) is 17.2. The van der Waals surface area contributed by atoms with Crippen LogP contribution in [0, 0.1) is 5.92 Å². The van der Waals surface area contributed by atoms with Gasteiger partial charge >= 0.3 is 5.97 Å². The molecular weight excluding hydrogens is 304 g/mol. The number of hydrogen-bond donors (Lipinski definition) is 0. The Kier molecular flexibility index (Phi) is 16.8. The number of hydrogen-bond acceptors (Lipinski definition) is 4. The molecule has 1 unspecified atom stereocenters. The second-order valence-corrected chi connectivity index (χ2v) is 6.72. The molecule has 0 heterocycles. The van der Waals surface area contributed by atoms with Crippen molar-refractivity contribution in [3.05, 3.63) is 0 Å². The van der Waals surface area contributed by atoms with Crippen molar-refractivity contribution in [3.8, 4) is 0 Å². The maximum Gasteiger partial charge on any atom is 0.310 e. The first-order chi connectivity index (χ1) is 11.7. The molecule has 0 saturated heterocycles. The smallest absolute Gasteiger partial charge is 0.310 e. The van der Waals surface area contributed by atoms with Gasteiger partial charge in [0.1, 0.15) is 0 Å². The fourth-order valence-electron chi connectivity index (χ4n) is 2.62. The molecule has 0 bridgehead atoms. The number of ether oxygens (including phenoxy) is 3. The predicted molar refractivity (Wildman–Crippen MR) is 99.3 cm³/mol. The number of unbranched alkanes of at least 4 members (excludes halogenated alkanes) is 5. The van der Waals surface area contributed by atoms with Gasteiger partial charge in [0.2, 0.25) is 0 Å². The third kappa shape index (κ3) is 13.8. The lowest BCUT2D eigenvalue weighted by atomic mass is 10.1. The maximum absolute atomic E-state index is 11.6. The molecule has 0 N–H and O–H groups in total. The molecule has 0 aliphatic heterocycles. The van der Waals surface area contributed by atoms with E-state index in [-0.39, 0.29) is 11.9 Å². The van der Waals surface area contributed by atoms with Gasteiger partial charge in [-0.05, 0) is 39.0 Å². The molecule has 0 amide bonds. The molecule has 0 spiro atoms. The summed E-state index contributed by atoms with van der Waals surface area (Å²) >= 11 is 0. The maximum atomic E-state index is 11.6. The molecule has 0 radical (unpaired) electrons. The van der Waals surface area contributed by atoms with Gasteiger partial charge in [0.25, 0.3) is 0 Å². The summed E-state index contributed by atoms with van der Waals surface area (Å²) in [5.41, 5.74) is 0. The van der Waals surface area contributed by atoms with Crippen LogP contribution in [-0.2, 0) is 19.0 Å². The summed E-state index contributed by atoms with van der Waals surface area (Å²) in [4.78, 5) is 11.6. The van der Waals surface area contributed by atoms with E-state index in [2.05, 4.69) is 13.8 Å². The van der Waals surface area contributed by atoms with Crippen LogP contribution in [0.15, 0.2) is 0 Å². The molecule has 0 aliphatic carbocycles. The van der Waals surface area contributed by atoms with Crippen LogP contribution in [0.4, 0.5) is 0 Å². The molecule has 24 heavy (non-hydrogen) atoms. The van der Waals surface area contributed by atoms with Gasteiger partial charge in [-0.15, -0.1) is 0 Å². The van der Waals surface area contributed by atoms with Crippen LogP contribution in [-0.4, -0.2) is 39.0 Å². The zero-order chi connectivity index (χ0) is 18.0. The molecule has 0 aromatic heterocycles. The monoisotopic (exact) mass is 344 g/mol. The van der Waals surface area contributed by atoms with Crippen molar-refractivity contribution in [2.45, 2.75) is 91.1 Å². The molecule has 0 saturated carbocycles. The van der Waals surface area contributed by atoms with Gasteiger partial charge in [0, 0.05) is 13.7 Å². The van der Waals surface area contributed by atoms with E-state index in [1.807, 2.05) is 6.92 Å². The SMILES string of the molecule is CCCCC(CCCC)OCCCCCCOC(=O)C(C)COC. The normalized spacial score (nSPS) is 12.5. The molecule has 0 aromatic rings. The average Bonchev–Trinajstić information content (AvgIpc) is 2.58. The van der Waals surface area contributed by atoms with Gasteiger partial charge in [-0.1, -0.05) is 46.0 Å². The van der Waals surface area contributed by atoms with E-state index >= 15 is 0 Å². The number of carbonyl (C=O) groups excluding carboxylic acids is 1. The molecular formula is C20H40O4. The fraction of sp³-hybridized carbons (Fsp3) is 0.950. The van der Waals surface area contributed by atoms with Crippen LogP contribution in [0.2, 0.25) is 0 Å². The Labute approximate surface area is 149 Å². The van der Waals surface area contributed by atoms with E-state index in [0.29, 0.717) is 19.3 Å². The Morgan fingerprint density at radius 3 is 2.00 bits per heavy atom. The highest BCUT2D eigenvalue weighted by Crippen LogP contribution is 2.13. The Balaban J connectivity index is 3.55. The van der Waals surface area contributed by atoms with Gasteiger partial charge in [0.05, 0.1) is 25.2 Å².